The molecule has 1 fully saturated rings. The van der Waals surface area contributed by atoms with E-state index in [0.29, 0.717) is 12.3 Å². The van der Waals surface area contributed by atoms with Crippen molar-refractivity contribution in [2.75, 3.05) is 24.6 Å². The van der Waals surface area contributed by atoms with Gasteiger partial charge in [0, 0.05) is 31.3 Å². The maximum atomic E-state index is 12.7. The van der Waals surface area contributed by atoms with Gasteiger partial charge in [-0.2, -0.15) is 17.7 Å². The Labute approximate surface area is 152 Å². The zero-order chi connectivity index (χ0) is 18.9. The Morgan fingerprint density at radius 2 is 2.11 bits per heavy atom. The lowest BCUT2D eigenvalue weighted by molar-refractivity contribution is -0.141. The molecular formula is C17H17F3N6O. The Morgan fingerprint density at radius 3 is 2.96 bits per heavy atom. The standard InChI is InChI=1S/C17H17F3N6O/c18-17(19,20)14-8-13(5-6-21-14)27-10-12-2-1-7-25(9-12)16-4-3-15-23-22-11-26(15)24-16/h3-6,8,11-12H,1-2,7,9-10H2. The Kier molecular flexibility index (Phi) is 4.54. The molecule has 3 aromatic rings. The number of anilines is 1. The summed E-state index contributed by atoms with van der Waals surface area (Å²) in [6.45, 7) is 1.93. The first-order valence-electron chi connectivity index (χ1n) is 8.57. The number of halogens is 3. The second-order valence-electron chi connectivity index (χ2n) is 6.47. The third kappa shape index (κ3) is 3.93. The molecule has 3 aromatic heterocycles. The summed E-state index contributed by atoms with van der Waals surface area (Å²) in [4.78, 5) is 5.49. The fraction of sp³-hybridized carbons (Fsp3) is 0.412. The molecular weight excluding hydrogens is 361 g/mol. The van der Waals surface area contributed by atoms with Gasteiger partial charge in [0.1, 0.15) is 23.6 Å². The van der Waals surface area contributed by atoms with Gasteiger partial charge in [-0.05, 0) is 31.0 Å². The second-order valence-corrected chi connectivity index (χ2v) is 6.47. The highest BCUT2D eigenvalue weighted by Gasteiger charge is 2.32. The summed E-state index contributed by atoms with van der Waals surface area (Å²) in [5.74, 6) is 1.19. The smallest absolute Gasteiger partial charge is 0.433 e. The number of alkyl halides is 3. The summed E-state index contributed by atoms with van der Waals surface area (Å²) in [6, 6.07) is 6.12. The van der Waals surface area contributed by atoms with Gasteiger partial charge in [0.2, 0.25) is 0 Å². The van der Waals surface area contributed by atoms with E-state index in [0.717, 1.165) is 44.0 Å². The molecule has 1 aliphatic heterocycles. The molecule has 1 saturated heterocycles. The zero-order valence-corrected chi connectivity index (χ0v) is 14.3. The van der Waals surface area contributed by atoms with Crippen molar-refractivity contribution >= 4 is 11.5 Å². The molecule has 1 aliphatic rings. The zero-order valence-electron chi connectivity index (χ0n) is 14.3. The maximum Gasteiger partial charge on any atom is 0.433 e. The number of ether oxygens (including phenoxy) is 1. The van der Waals surface area contributed by atoms with Gasteiger partial charge in [0.15, 0.2) is 5.65 Å². The van der Waals surface area contributed by atoms with Crippen molar-refractivity contribution in [1.29, 1.82) is 0 Å². The fourth-order valence-corrected chi connectivity index (χ4v) is 3.17. The molecule has 7 nitrogen and oxygen atoms in total. The topological polar surface area (TPSA) is 68.4 Å². The molecule has 0 aromatic carbocycles. The van der Waals surface area contributed by atoms with Crippen LogP contribution in [0.4, 0.5) is 19.0 Å². The van der Waals surface area contributed by atoms with Gasteiger partial charge in [-0.15, -0.1) is 15.3 Å². The van der Waals surface area contributed by atoms with Crippen molar-refractivity contribution in [2.24, 2.45) is 5.92 Å². The SMILES string of the molecule is FC(F)(F)c1cc(OCC2CCCN(c3ccc4nncn4n3)C2)ccn1. The van der Waals surface area contributed by atoms with E-state index in [1.807, 2.05) is 12.1 Å². The predicted molar refractivity (Wildman–Crippen MR) is 90.5 cm³/mol. The molecule has 0 spiro atoms. The molecule has 0 aliphatic carbocycles. The largest absolute Gasteiger partial charge is 0.493 e. The number of piperidine rings is 1. The number of rotatable bonds is 4. The second kappa shape index (κ2) is 7.01. The van der Waals surface area contributed by atoms with Crippen LogP contribution in [0.15, 0.2) is 36.8 Å². The fourth-order valence-electron chi connectivity index (χ4n) is 3.17. The lowest BCUT2D eigenvalue weighted by Gasteiger charge is -2.33. The molecule has 142 valence electrons. The molecule has 0 amide bonds. The van der Waals surface area contributed by atoms with Gasteiger partial charge in [0.05, 0.1) is 6.61 Å². The van der Waals surface area contributed by atoms with Crippen LogP contribution in [0, 0.1) is 5.92 Å². The van der Waals surface area contributed by atoms with Crippen LogP contribution in [-0.2, 0) is 6.18 Å². The number of hydrogen-bond donors (Lipinski definition) is 0. The molecule has 27 heavy (non-hydrogen) atoms. The summed E-state index contributed by atoms with van der Waals surface area (Å²) >= 11 is 0. The lowest BCUT2D eigenvalue weighted by atomic mass is 9.99. The first-order valence-corrected chi connectivity index (χ1v) is 8.57. The average Bonchev–Trinajstić information content (AvgIpc) is 3.14. The molecule has 4 heterocycles. The minimum atomic E-state index is -4.48. The summed E-state index contributed by atoms with van der Waals surface area (Å²) < 4.78 is 45.5. The van der Waals surface area contributed by atoms with Gasteiger partial charge < -0.3 is 9.64 Å². The normalized spacial score (nSPS) is 18.0. The van der Waals surface area contributed by atoms with Crippen LogP contribution in [0.1, 0.15) is 18.5 Å². The molecule has 1 unspecified atom stereocenters. The van der Waals surface area contributed by atoms with Gasteiger partial charge >= 0.3 is 6.18 Å². The molecule has 10 heteroatoms. The minimum Gasteiger partial charge on any atom is -0.493 e. The number of fused-ring (bicyclic) bond motifs is 1. The molecule has 0 saturated carbocycles. The minimum absolute atomic E-state index is 0.179. The highest BCUT2D eigenvalue weighted by Crippen LogP contribution is 2.30. The predicted octanol–water partition coefficient (Wildman–Crippen LogP) is 2.83. The highest BCUT2D eigenvalue weighted by atomic mass is 19.4. The molecule has 1 atom stereocenters. The van der Waals surface area contributed by atoms with E-state index in [-0.39, 0.29) is 11.7 Å². The Bertz CT molecular complexity index is 928. The summed E-state index contributed by atoms with van der Waals surface area (Å²) in [5, 5.41) is 12.2. The van der Waals surface area contributed by atoms with Gasteiger partial charge in [-0.3, -0.25) is 4.98 Å². The summed E-state index contributed by atoms with van der Waals surface area (Å²) in [6.07, 6.45) is 0.0881. The maximum absolute atomic E-state index is 12.7. The number of pyridine rings is 1. The quantitative estimate of drug-likeness (QED) is 0.696. The molecule has 4 rings (SSSR count). The third-order valence-corrected chi connectivity index (χ3v) is 4.50. The van der Waals surface area contributed by atoms with Crippen molar-refractivity contribution in [2.45, 2.75) is 19.0 Å². The number of aromatic nitrogens is 5. The average molecular weight is 378 g/mol. The van der Waals surface area contributed by atoms with Crippen LogP contribution in [0.25, 0.3) is 5.65 Å². The van der Waals surface area contributed by atoms with Crippen molar-refractivity contribution in [3.8, 4) is 5.75 Å². The van der Waals surface area contributed by atoms with Crippen LogP contribution >= 0.6 is 0 Å². The Hall–Kier alpha value is -2.91. The first-order chi connectivity index (χ1) is 13.0. The van der Waals surface area contributed by atoms with Gasteiger partial charge in [-0.25, -0.2) is 0 Å². The van der Waals surface area contributed by atoms with E-state index in [1.54, 1.807) is 10.8 Å². The van der Waals surface area contributed by atoms with E-state index in [9.17, 15) is 13.2 Å². The summed E-state index contributed by atoms with van der Waals surface area (Å²) in [7, 11) is 0. The monoisotopic (exact) mass is 378 g/mol. The van der Waals surface area contributed by atoms with Crippen LogP contribution in [0.5, 0.6) is 5.75 Å². The molecule has 0 N–H and O–H groups in total. The Morgan fingerprint density at radius 1 is 1.22 bits per heavy atom. The Balaban J connectivity index is 1.40. The van der Waals surface area contributed by atoms with E-state index in [2.05, 4.69) is 25.2 Å². The van der Waals surface area contributed by atoms with E-state index >= 15 is 0 Å². The van der Waals surface area contributed by atoms with Gasteiger partial charge in [0.25, 0.3) is 0 Å². The van der Waals surface area contributed by atoms with E-state index in [4.69, 9.17) is 4.74 Å². The number of hydrogen-bond acceptors (Lipinski definition) is 6. The third-order valence-electron chi connectivity index (χ3n) is 4.50. The van der Waals surface area contributed by atoms with E-state index in [1.165, 1.54) is 6.07 Å². The van der Waals surface area contributed by atoms with Crippen LogP contribution in [0.2, 0.25) is 0 Å². The molecule has 0 bridgehead atoms. The van der Waals surface area contributed by atoms with Crippen molar-refractivity contribution < 1.29 is 17.9 Å². The van der Waals surface area contributed by atoms with Gasteiger partial charge in [-0.1, -0.05) is 0 Å². The van der Waals surface area contributed by atoms with Crippen molar-refractivity contribution in [3.05, 3.63) is 42.5 Å². The van der Waals surface area contributed by atoms with Crippen LogP contribution < -0.4 is 9.64 Å². The van der Waals surface area contributed by atoms with Crippen molar-refractivity contribution in [3.63, 3.8) is 0 Å². The van der Waals surface area contributed by atoms with E-state index < -0.39 is 11.9 Å². The molecule has 0 radical (unpaired) electrons. The van der Waals surface area contributed by atoms with Crippen LogP contribution in [0.3, 0.4) is 0 Å². The van der Waals surface area contributed by atoms with Crippen molar-refractivity contribution in [1.82, 2.24) is 24.8 Å². The summed E-state index contributed by atoms with van der Waals surface area (Å²) in [5.41, 5.74) is -0.273. The lowest BCUT2D eigenvalue weighted by Crippen LogP contribution is -2.38. The first kappa shape index (κ1) is 17.5. The highest BCUT2D eigenvalue weighted by molar-refractivity contribution is 5.45. The number of nitrogens with zero attached hydrogens (tertiary/aromatic N) is 6. The van der Waals surface area contributed by atoms with Crippen LogP contribution in [-0.4, -0.2) is 44.5 Å².